The summed E-state index contributed by atoms with van der Waals surface area (Å²) in [7, 11) is 0. The highest BCUT2D eigenvalue weighted by atomic mass is 79.9. The SMILES string of the molecule is N#Cc1cccc(COc2c(Cl)cc(Cl)cc2CBr)c1. The number of benzene rings is 2. The summed E-state index contributed by atoms with van der Waals surface area (Å²) < 4.78 is 5.77. The van der Waals surface area contributed by atoms with Gasteiger partial charge in [-0.15, -0.1) is 0 Å². The Hall–Kier alpha value is -1.21. The molecule has 0 saturated heterocycles. The van der Waals surface area contributed by atoms with Crippen molar-refractivity contribution in [3.63, 3.8) is 0 Å². The molecular weight excluding hydrogens is 361 g/mol. The second-order valence-corrected chi connectivity index (χ2v) is 5.51. The van der Waals surface area contributed by atoms with Gasteiger partial charge in [0.15, 0.2) is 0 Å². The molecule has 2 nitrogen and oxygen atoms in total. The van der Waals surface area contributed by atoms with Crippen LogP contribution in [0.4, 0.5) is 0 Å². The monoisotopic (exact) mass is 369 g/mol. The number of rotatable bonds is 4. The molecule has 0 unspecified atom stereocenters. The quantitative estimate of drug-likeness (QED) is 0.680. The summed E-state index contributed by atoms with van der Waals surface area (Å²) in [5.41, 5.74) is 2.41. The maximum atomic E-state index is 8.87. The van der Waals surface area contributed by atoms with Crippen molar-refractivity contribution in [1.82, 2.24) is 0 Å². The summed E-state index contributed by atoms with van der Waals surface area (Å²) in [6, 6.07) is 12.8. The van der Waals surface area contributed by atoms with Gasteiger partial charge in [-0.2, -0.15) is 5.26 Å². The molecule has 0 aliphatic heterocycles. The highest BCUT2D eigenvalue weighted by molar-refractivity contribution is 9.08. The predicted octanol–water partition coefficient (Wildman–Crippen LogP) is 5.34. The van der Waals surface area contributed by atoms with Crippen molar-refractivity contribution in [2.75, 3.05) is 0 Å². The van der Waals surface area contributed by atoms with Gasteiger partial charge in [0.25, 0.3) is 0 Å². The third-order valence-corrected chi connectivity index (χ3v) is 3.77. The maximum Gasteiger partial charge on any atom is 0.142 e. The number of nitrogens with zero attached hydrogens (tertiary/aromatic N) is 1. The zero-order chi connectivity index (χ0) is 14.5. The van der Waals surface area contributed by atoms with E-state index in [1.807, 2.05) is 18.2 Å². The molecule has 2 rings (SSSR count). The number of alkyl halides is 1. The summed E-state index contributed by atoms with van der Waals surface area (Å²) in [5.74, 6) is 0.607. The first-order chi connectivity index (χ1) is 9.63. The molecule has 0 saturated carbocycles. The largest absolute Gasteiger partial charge is 0.487 e. The zero-order valence-corrected chi connectivity index (χ0v) is 13.5. The number of ether oxygens (including phenoxy) is 1. The zero-order valence-electron chi connectivity index (χ0n) is 10.4. The van der Waals surface area contributed by atoms with Crippen LogP contribution < -0.4 is 4.74 Å². The Balaban J connectivity index is 2.20. The summed E-state index contributed by atoms with van der Waals surface area (Å²) >= 11 is 15.5. The number of nitriles is 1. The van der Waals surface area contributed by atoms with Crippen LogP contribution in [-0.2, 0) is 11.9 Å². The molecule has 0 atom stereocenters. The van der Waals surface area contributed by atoms with E-state index in [1.54, 1.807) is 18.2 Å². The third kappa shape index (κ3) is 3.67. The fourth-order valence-corrected chi connectivity index (χ4v) is 2.77. The van der Waals surface area contributed by atoms with E-state index in [9.17, 15) is 0 Å². The van der Waals surface area contributed by atoms with Crippen LogP contribution in [0.25, 0.3) is 0 Å². The molecule has 2 aromatic carbocycles. The van der Waals surface area contributed by atoms with E-state index in [0.717, 1.165) is 11.1 Å². The molecule has 0 fully saturated rings. The fraction of sp³-hybridized carbons (Fsp3) is 0.133. The average molecular weight is 371 g/mol. The van der Waals surface area contributed by atoms with Crippen LogP contribution in [0.1, 0.15) is 16.7 Å². The minimum atomic E-state index is 0.344. The molecule has 102 valence electrons. The van der Waals surface area contributed by atoms with Gasteiger partial charge in [-0.3, -0.25) is 0 Å². The second kappa shape index (κ2) is 6.99. The number of hydrogen-bond donors (Lipinski definition) is 0. The molecule has 0 heterocycles. The minimum Gasteiger partial charge on any atom is -0.487 e. The van der Waals surface area contributed by atoms with Gasteiger partial charge >= 0.3 is 0 Å². The van der Waals surface area contributed by atoms with Gasteiger partial charge < -0.3 is 4.74 Å². The van der Waals surface area contributed by atoms with E-state index < -0.39 is 0 Å². The van der Waals surface area contributed by atoms with Gasteiger partial charge in [-0.1, -0.05) is 51.3 Å². The van der Waals surface area contributed by atoms with E-state index in [1.165, 1.54) is 0 Å². The fourth-order valence-electron chi connectivity index (χ4n) is 1.76. The van der Waals surface area contributed by atoms with Crippen LogP contribution in [0.15, 0.2) is 36.4 Å². The Kier molecular flexibility index (Phi) is 5.31. The van der Waals surface area contributed by atoms with Gasteiger partial charge in [0.05, 0.1) is 16.7 Å². The standard InChI is InChI=1S/C15H10BrCl2NO/c16-7-12-5-13(17)6-14(18)15(12)20-9-11-3-1-2-10(4-11)8-19/h1-6H,7,9H2. The maximum absolute atomic E-state index is 8.87. The summed E-state index contributed by atoms with van der Waals surface area (Å²) in [4.78, 5) is 0. The molecule has 0 aliphatic rings. The van der Waals surface area contributed by atoms with Crippen molar-refractivity contribution >= 4 is 39.1 Å². The molecule has 0 amide bonds. The number of hydrogen-bond acceptors (Lipinski definition) is 2. The lowest BCUT2D eigenvalue weighted by molar-refractivity contribution is 0.304. The lowest BCUT2D eigenvalue weighted by atomic mass is 10.1. The first kappa shape index (κ1) is 15.2. The van der Waals surface area contributed by atoms with E-state index in [-0.39, 0.29) is 0 Å². The van der Waals surface area contributed by atoms with Crippen molar-refractivity contribution in [2.45, 2.75) is 11.9 Å². The van der Waals surface area contributed by atoms with Crippen LogP contribution in [-0.4, -0.2) is 0 Å². The van der Waals surface area contributed by atoms with Crippen LogP contribution in [0, 0.1) is 11.3 Å². The van der Waals surface area contributed by atoms with Gasteiger partial charge in [-0.05, 0) is 29.8 Å². The molecule has 0 aromatic heterocycles. The van der Waals surface area contributed by atoms with E-state index in [2.05, 4.69) is 22.0 Å². The summed E-state index contributed by atoms with van der Waals surface area (Å²) in [6.45, 7) is 0.344. The normalized spacial score (nSPS) is 10.1. The minimum absolute atomic E-state index is 0.344. The van der Waals surface area contributed by atoms with Crippen molar-refractivity contribution in [1.29, 1.82) is 5.26 Å². The van der Waals surface area contributed by atoms with Gasteiger partial charge in [0.2, 0.25) is 0 Å². The van der Waals surface area contributed by atoms with E-state index in [4.69, 9.17) is 33.2 Å². The van der Waals surface area contributed by atoms with E-state index in [0.29, 0.717) is 33.3 Å². The van der Waals surface area contributed by atoms with Crippen molar-refractivity contribution < 1.29 is 4.74 Å². The average Bonchev–Trinajstić information content (AvgIpc) is 2.45. The van der Waals surface area contributed by atoms with Crippen LogP contribution in [0.3, 0.4) is 0 Å². The second-order valence-electron chi connectivity index (χ2n) is 4.11. The van der Waals surface area contributed by atoms with Gasteiger partial charge in [0, 0.05) is 15.9 Å². The van der Waals surface area contributed by atoms with E-state index >= 15 is 0 Å². The smallest absolute Gasteiger partial charge is 0.142 e. The number of halogens is 3. The first-order valence-corrected chi connectivity index (χ1v) is 7.67. The molecule has 5 heteroatoms. The topological polar surface area (TPSA) is 33.0 Å². The Morgan fingerprint density at radius 3 is 2.70 bits per heavy atom. The lowest BCUT2D eigenvalue weighted by Gasteiger charge is -2.12. The Morgan fingerprint density at radius 1 is 1.20 bits per heavy atom. The summed E-state index contributed by atoms with van der Waals surface area (Å²) in [6.07, 6.45) is 0. The summed E-state index contributed by atoms with van der Waals surface area (Å²) in [5, 5.41) is 10.5. The Bertz CT molecular complexity index is 667. The van der Waals surface area contributed by atoms with Gasteiger partial charge in [-0.25, -0.2) is 0 Å². The predicted molar refractivity (Wildman–Crippen MR) is 84.6 cm³/mol. The first-order valence-electron chi connectivity index (χ1n) is 5.79. The molecule has 2 aromatic rings. The molecule has 0 N–H and O–H groups in total. The molecule has 0 bridgehead atoms. The molecule has 0 spiro atoms. The Labute approximate surface area is 136 Å². The van der Waals surface area contributed by atoms with Crippen LogP contribution in [0.2, 0.25) is 10.0 Å². The van der Waals surface area contributed by atoms with Crippen LogP contribution in [0.5, 0.6) is 5.75 Å². The molecule has 20 heavy (non-hydrogen) atoms. The van der Waals surface area contributed by atoms with Crippen LogP contribution >= 0.6 is 39.1 Å². The highest BCUT2D eigenvalue weighted by Gasteiger charge is 2.10. The van der Waals surface area contributed by atoms with Crippen molar-refractivity contribution in [3.8, 4) is 11.8 Å². The Morgan fingerprint density at radius 2 is 2.00 bits per heavy atom. The van der Waals surface area contributed by atoms with Gasteiger partial charge in [0.1, 0.15) is 12.4 Å². The highest BCUT2D eigenvalue weighted by Crippen LogP contribution is 2.34. The molecule has 0 radical (unpaired) electrons. The lowest BCUT2D eigenvalue weighted by Crippen LogP contribution is -1.99. The molecule has 0 aliphatic carbocycles. The molecular formula is C15H10BrCl2NO. The third-order valence-electron chi connectivity index (χ3n) is 2.67. The van der Waals surface area contributed by atoms with Crippen molar-refractivity contribution in [3.05, 3.63) is 63.1 Å². The van der Waals surface area contributed by atoms with Crippen molar-refractivity contribution in [2.24, 2.45) is 0 Å².